The van der Waals surface area contributed by atoms with Gasteiger partial charge in [-0.05, 0) is 31.2 Å². The van der Waals surface area contributed by atoms with Gasteiger partial charge in [0.15, 0.2) is 0 Å². The molecule has 2 aromatic rings. The van der Waals surface area contributed by atoms with Crippen LogP contribution >= 0.6 is 0 Å². The molecule has 0 saturated carbocycles. The molecule has 0 aliphatic heterocycles. The quantitative estimate of drug-likeness (QED) is 0.731. The second-order valence-corrected chi connectivity index (χ2v) is 4.94. The molecule has 0 saturated heterocycles. The minimum atomic E-state index is -0.306. The van der Waals surface area contributed by atoms with Gasteiger partial charge in [-0.25, -0.2) is 0 Å². The average molecular weight is 288 g/mol. The summed E-state index contributed by atoms with van der Waals surface area (Å²) in [5.74, 6) is 0.588. The van der Waals surface area contributed by atoms with Gasteiger partial charge in [-0.2, -0.15) is 0 Å². The van der Waals surface area contributed by atoms with Crippen LogP contribution in [0.2, 0.25) is 0 Å². The van der Waals surface area contributed by atoms with Gasteiger partial charge in [-0.3, -0.25) is 4.79 Å². The van der Waals surface area contributed by atoms with Crippen molar-refractivity contribution in [2.75, 3.05) is 11.9 Å². The van der Waals surface area contributed by atoms with Crippen LogP contribution in [0.4, 0.5) is 5.69 Å². The molecule has 2 unspecified atom stereocenters. The minimum Gasteiger partial charge on any atom is -0.468 e. The summed E-state index contributed by atoms with van der Waals surface area (Å²) < 4.78 is 5.26. The molecule has 2 rings (SSSR count). The fraction of sp³-hybridized carbons (Fsp3) is 0.312. The predicted molar refractivity (Wildman–Crippen MR) is 80.8 cm³/mol. The van der Waals surface area contributed by atoms with E-state index < -0.39 is 0 Å². The third-order valence-corrected chi connectivity index (χ3v) is 3.10. The number of carbonyl (C=O) groups is 1. The lowest BCUT2D eigenvalue weighted by atomic mass is 10.1. The Morgan fingerprint density at radius 2 is 2.00 bits per heavy atom. The molecule has 3 N–H and O–H groups in total. The molecular weight excluding hydrogens is 268 g/mol. The van der Waals surface area contributed by atoms with E-state index in [0.717, 1.165) is 5.69 Å². The van der Waals surface area contributed by atoms with Crippen molar-refractivity contribution in [1.82, 2.24) is 5.32 Å². The normalized spacial score (nSPS) is 13.6. The van der Waals surface area contributed by atoms with Crippen molar-refractivity contribution in [3.05, 3.63) is 54.5 Å². The Morgan fingerprint density at radius 3 is 2.62 bits per heavy atom. The summed E-state index contributed by atoms with van der Waals surface area (Å²) in [7, 11) is 0. The summed E-state index contributed by atoms with van der Waals surface area (Å²) in [4.78, 5) is 11.9. The van der Waals surface area contributed by atoms with E-state index >= 15 is 0 Å². The zero-order chi connectivity index (χ0) is 15.1. The minimum absolute atomic E-state index is 0.0719. The number of aliphatic hydroxyl groups is 1. The molecule has 0 aliphatic rings. The first-order valence-electron chi connectivity index (χ1n) is 6.94. The maximum atomic E-state index is 11.9. The number of anilines is 1. The number of carbonyl (C=O) groups excluding carboxylic acids is 1. The highest BCUT2D eigenvalue weighted by Crippen LogP contribution is 2.14. The van der Waals surface area contributed by atoms with E-state index in [2.05, 4.69) is 10.6 Å². The number of aliphatic hydroxyl groups excluding tert-OH is 1. The molecule has 1 aromatic heterocycles. The number of furan rings is 1. The maximum absolute atomic E-state index is 11.9. The van der Waals surface area contributed by atoms with Crippen LogP contribution in [0.5, 0.6) is 0 Å². The molecule has 5 heteroatoms. The number of amides is 1. The second-order valence-electron chi connectivity index (χ2n) is 4.94. The smallest absolute Gasteiger partial charge is 0.225 e. The summed E-state index contributed by atoms with van der Waals surface area (Å²) in [5, 5.41) is 15.4. The first kappa shape index (κ1) is 15.3. The topological polar surface area (TPSA) is 74.5 Å². The summed E-state index contributed by atoms with van der Waals surface area (Å²) in [5.41, 5.74) is 0.777. The fourth-order valence-electron chi connectivity index (χ4n) is 2.13. The lowest BCUT2D eigenvalue weighted by molar-refractivity contribution is -0.116. The van der Waals surface area contributed by atoms with E-state index in [4.69, 9.17) is 4.42 Å². The zero-order valence-electron chi connectivity index (χ0n) is 12.0. The average Bonchev–Trinajstić information content (AvgIpc) is 2.99. The summed E-state index contributed by atoms with van der Waals surface area (Å²) in [6.07, 6.45) is 1.87. The maximum Gasteiger partial charge on any atom is 0.225 e. The van der Waals surface area contributed by atoms with E-state index in [9.17, 15) is 9.90 Å². The van der Waals surface area contributed by atoms with Crippen molar-refractivity contribution in [2.24, 2.45) is 0 Å². The van der Waals surface area contributed by atoms with Gasteiger partial charge in [-0.1, -0.05) is 18.2 Å². The number of nitrogens with one attached hydrogen (secondary N) is 2. The van der Waals surface area contributed by atoms with E-state index in [0.29, 0.717) is 12.2 Å². The summed E-state index contributed by atoms with van der Waals surface area (Å²) in [6.45, 7) is 1.81. The van der Waals surface area contributed by atoms with Crippen LogP contribution in [0.25, 0.3) is 0 Å². The monoisotopic (exact) mass is 288 g/mol. The van der Waals surface area contributed by atoms with Gasteiger partial charge in [0.25, 0.3) is 0 Å². The van der Waals surface area contributed by atoms with E-state index in [-0.39, 0.29) is 24.6 Å². The van der Waals surface area contributed by atoms with Gasteiger partial charge in [0.05, 0.1) is 18.9 Å². The molecule has 1 amide bonds. The fourth-order valence-corrected chi connectivity index (χ4v) is 2.13. The van der Waals surface area contributed by atoms with Crippen molar-refractivity contribution in [2.45, 2.75) is 25.4 Å². The van der Waals surface area contributed by atoms with Gasteiger partial charge >= 0.3 is 0 Å². The van der Waals surface area contributed by atoms with Crippen LogP contribution < -0.4 is 10.6 Å². The molecule has 112 valence electrons. The molecule has 0 radical (unpaired) electrons. The van der Waals surface area contributed by atoms with E-state index in [1.165, 1.54) is 0 Å². The van der Waals surface area contributed by atoms with Crippen LogP contribution in [0, 0.1) is 0 Å². The molecule has 1 aromatic carbocycles. The van der Waals surface area contributed by atoms with Crippen LogP contribution in [0.3, 0.4) is 0 Å². The van der Waals surface area contributed by atoms with Gasteiger partial charge < -0.3 is 20.2 Å². The molecule has 2 atom stereocenters. The van der Waals surface area contributed by atoms with Crippen molar-refractivity contribution < 1.29 is 14.3 Å². The molecule has 21 heavy (non-hydrogen) atoms. The van der Waals surface area contributed by atoms with E-state index in [1.54, 1.807) is 18.4 Å². The van der Waals surface area contributed by atoms with Crippen LogP contribution in [0.1, 0.15) is 25.1 Å². The lowest BCUT2D eigenvalue weighted by Gasteiger charge is -2.19. The van der Waals surface area contributed by atoms with Crippen LogP contribution in [-0.2, 0) is 4.79 Å². The number of rotatable bonds is 7. The molecule has 5 nitrogen and oxygen atoms in total. The van der Waals surface area contributed by atoms with Crippen molar-refractivity contribution in [1.29, 1.82) is 0 Å². The van der Waals surface area contributed by atoms with Crippen molar-refractivity contribution in [3.8, 4) is 0 Å². The van der Waals surface area contributed by atoms with Gasteiger partial charge in [-0.15, -0.1) is 0 Å². The molecular formula is C16H20N2O3. The summed E-state index contributed by atoms with van der Waals surface area (Å²) in [6, 6.07) is 12.5. The first-order chi connectivity index (χ1) is 10.2. The molecule has 0 fully saturated rings. The third kappa shape index (κ3) is 4.73. The highest BCUT2D eigenvalue weighted by atomic mass is 16.3. The Kier molecular flexibility index (Phi) is 5.54. The number of benzene rings is 1. The Labute approximate surface area is 124 Å². The van der Waals surface area contributed by atoms with Crippen LogP contribution in [-0.4, -0.2) is 23.7 Å². The standard InChI is InChI=1S/C16H20N2O3/c1-12(17-14(11-19)15-8-5-9-21-15)10-16(20)18-13-6-3-2-4-7-13/h2-9,12,14,17,19H,10-11H2,1H3,(H,18,20). The van der Waals surface area contributed by atoms with Gasteiger partial charge in [0.1, 0.15) is 5.76 Å². The SMILES string of the molecule is CC(CC(=O)Nc1ccccc1)NC(CO)c1ccco1. The van der Waals surface area contributed by atoms with Crippen molar-refractivity contribution in [3.63, 3.8) is 0 Å². The molecule has 0 aliphatic carbocycles. The largest absolute Gasteiger partial charge is 0.468 e. The Hall–Kier alpha value is -2.11. The number of hydrogen-bond donors (Lipinski definition) is 3. The highest BCUT2D eigenvalue weighted by Gasteiger charge is 2.17. The van der Waals surface area contributed by atoms with Crippen LogP contribution in [0.15, 0.2) is 53.1 Å². The second kappa shape index (κ2) is 7.61. The predicted octanol–water partition coefficient (Wildman–Crippen LogP) is 2.32. The Bertz CT molecular complexity index is 540. The number of para-hydroxylation sites is 1. The van der Waals surface area contributed by atoms with E-state index in [1.807, 2.05) is 37.3 Å². The third-order valence-electron chi connectivity index (χ3n) is 3.10. The number of hydrogen-bond acceptors (Lipinski definition) is 4. The molecule has 0 bridgehead atoms. The molecule has 0 spiro atoms. The Morgan fingerprint density at radius 1 is 1.24 bits per heavy atom. The Balaban J connectivity index is 1.83. The zero-order valence-corrected chi connectivity index (χ0v) is 12.0. The van der Waals surface area contributed by atoms with Gasteiger partial charge in [0.2, 0.25) is 5.91 Å². The molecule has 1 heterocycles. The highest BCUT2D eigenvalue weighted by molar-refractivity contribution is 5.90. The lowest BCUT2D eigenvalue weighted by Crippen LogP contribution is -2.35. The van der Waals surface area contributed by atoms with Crippen molar-refractivity contribution >= 4 is 11.6 Å². The summed E-state index contributed by atoms with van der Waals surface area (Å²) >= 11 is 0. The first-order valence-corrected chi connectivity index (χ1v) is 6.94. The van der Waals surface area contributed by atoms with Gasteiger partial charge in [0, 0.05) is 18.2 Å².